The summed E-state index contributed by atoms with van der Waals surface area (Å²) in [7, 11) is 0. The van der Waals surface area contributed by atoms with Gasteiger partial charge >= 0.3 is 6.03 Å². The second-order valence-electron chi connectivity index (χ2n) is 4.60. The maximum absolute atomic E-state index is 13.5. The molecule has 0 aliphatic carbocycles. The topological polar surface area (TPSA) is 79.2 Å². The Balaban J connectivity index is 1.87. The molecule has 0 bridgehead atoms. The van der Waals surface area contributed by atoms with Gasteiger partial charge in [-0.15, -0.1) is 0 Å². The van der Waals surface area contributed by atoms with Crippen LogP contribution in [0.4, 0.5) is 19.3 Å². The summed E-state index contributed by atoms with van der Waals surface area (Å²) in [5.74, 6) is -1.59. The average Bonchev–Trinajstić information content (AvgIpc) is 2.92. The third-order valence-electron chi connectivity index (χ3n) is 2.99. The number of amides is 2. The number of benzene rings is 1. The van der Waals surface area contributed by atoms with E-state index in [4.69, 9.17) is 0 Å². The van der Waals surface area contributed by atoms with E-state index in [0.717, 1.165) is 12.1 Å². The van der Waals surface area contributed by atoms with Crippen molar-refractivity contribution in [3.8, 4) is 0 Å². The molecular formula is C14H16F2N4O2. The molecular weight excluding hydrogens is 294 g/mol. The summed E-state index contributed by atoms with van der Waals surface area (Å²) in [5.41, 5.74) is 0.419. The predicted octanol–water partition coefficient (Wildman–Crippen LogP) is 2.04. The van der Waals surface area contributed by atoms with Crippen LogP contribution in [0.2, 0.25) is 0 Å². The van der Waals surface area contributed by atoms with E-state index in [9.17, 15) is 18.7 Å². The highest BCUT2D eigenvalue weighted by Crippen LogP contribution is 2.17. The van der Waals surface area contributed by atoms with Gasteiger partial charge in [0.1, 0.15) is 11.6 Å². The molecule has 0 fully saturated rings. The Labute approximate surface area is 125 Å². The maximum Gasteiger partial charge on any atom is 0.319 e. The van der Waals surface area contributed by atoms with Gasteiger partial charge in [-0.1, -0.05) is 6.07 Å². The first-order chi connectivity index (χ1) is 10.5. The molecule has 1 heterocycles. The zero-order valence-electron chi connectivity index (χ0n) is 11.9. The Hall–Kier alpha value is -2.48. The monoisotopic (exact) mass is 310 g/mol. The van der Waals surface area contributed by atoms with E-state index >= 15 is 0 Å². The van der Waals surface area contributed by atoms with Crippen LogP contribution in [0.15, 0.2) is 30.6 Å². The minimum atomic E-state index is -1.27. The van der Waals surface area contributed by atoms with Crippen molar-refractivity contribution in [2.24, 2.45) is 0 Å². The highest BCUT2D eigenvalue weighted by molar-refractivity contribution is 5.88. The number of carbonyl (C=O) groups is 1. The third kappa shape index (κ3) is 4.01. The molecule has 2 amide bonds. The van der Waals surface area contributed by atoms with Gasteiger partial charge in [0.2, 0.25) is 0 Å². The number of hydrogen-bond acceptors (Lipinski definition) is 3. The SMILES string of the molecule is CCn1cc(NC(=O)NCC(O)c2ccc(F)cc2F)cn1. The largest absolute Gasteiger partial charge is 0.386 e. The summed E-state index contributed by atoms with van der Waals surface area (Å²) in [6.07, 6.45) is 1.86. The number of nitrogens with zero attached hydrogens (tertiary/aromatic N) is 2. The van der Waals surface area contributed by atoms with Gasteiger partial charge in [-0.3, -0.25) is 4.68 Å². The molecule has 0 aliphatic rings. The van der Waals surface area contributed by atoms with Crippen LogP contribution >= 0.6 is 0 Å². The van der Waals surface area contributed by atoms with Gasteiger partial charge in [-0.25, -0.2) is 13.6 Å². The molecule has 8 heteroatoms. The average molecular weight is 310 g/mol. The molecule has 6 nitrogen and oxygen atoms in total. The van der Waals surface area contributed by atoms with Gasteiger partial charge in [-0.05, 0) is 13.0 Å². The predicted molar refractivity (Wildman–Crippen MR) is 76.2 cm³/mol. The van der Waals surface area contributed by atoms with Crippen LogP contribution < -0.4 is 10.6 Å². The van der Waals surface area contributed by atoms with Crippen molar-refractivity contribution in [2.75, 3.05) is 11.9 Å². The molecule has 1 aromatic carbocycles. The summed E-state index contributed by atoms with van der Waals surface area (Å²) < 4.78 is 27.9. The molecule has 1 atom stereocenters. The van der Waals surface area contributed by atoms with Crippen LogP contribution in [0.3, 0.4) is 0 Å². The lowest BCUT2D eigenvalue weighted by molar-refractivity contribution is 0.170. The number of hydrogen-bond donors (Lipinski definition) is 3. The first-order valence-corrected chi connectivity index (χ1v) is 6.70. The normalized spacial score (nSPS) is 12.0. The molecule has 0 saturated heterocycles. The van der Waals surface area contributed by atoms with Crippen molar-refractivity contribution in [3.63, 3.8) is 0 Å². The number of aromatic nitrogens is 2. The molecule has 2 rings (SSSR count). The smallest absolute Gasteiger partial charge is 0.319 e. The minimum Gasteiger partial charge on any atom is -0.386 e. The van der Waals surface area contributed by atoms with E-state index in [-0.39, 0.29) is 12.1 Å². The number of aliphatic hydroxyl groups excluding tert-OH is 1. The van der Waals surface area contributed by atoms with Gasteiger partial charge < -0.3 is 15.7 Å². The van der Waals surface area contributed by atoms with Crippen LogP contribution in [0, 0.1) is 11.6 Å². The van der Waals surface area contributed by atoms with E-state index in [2.05, 4.69) is 15.7 Å². The maximum atomic E-state index is 13.5. The molecule has 2 aromatic rings. The Kier molecular flexibility index (Phi) is 5.05. The van der Waals surface area contributed by atoms with E-state index in [1.54, 1.807) is 10.9 Å². The number of aliphatic hydroxyl groups is 1. The number of urea groups is 1. The summed E-state index contributed by atoms with van der Waals surface area (Å²) in [5, 5.41) is 18.7. The quantitative estimate of drug-likeness (QED) is 0.790. The highest BCUT2D eigenvalue weighted by atomic mass is 19.1. The number of anilines is 1. The van der Waals surface area contributed by atoms with Crippen LogP contribution in [0.1, 0.15) is 18.6 Å². The first kappa shape index (κ1) is 15.9. The van der Waals surface area contributed by atoms with E-state index in [1.165, 1.54) is 6.20 Å². The fraction of sp³-hybridized carbons (Fsp3) is 0.286. The first-order valence-electron chi connectivity index (χ1n) is 6.70. The lowest BCUT2D eigenvalue weighted by atomic mass is 10.1. The van der Waals surface area contributed by atoms with E-state index < -0.39 is 23.8 Å². The molecule has 118 valence electrons. The zero-order chi connectivity index (χ0) is 16.1. The van der Waals surface area contributed by atoms with Gasteiger partial charge in [-0.2, -0.15) is 5.10 Å². The van der Waals surface area contributed by atoms with Gasteiger partial charge in [0, 0.05) is 30.9 Å². The van der Waals surface area contributed by atoms with Crippen LogP contribution in [-0.4, -0.2) is 27.5 Å². The fourth-order valence-electron chi connectivity index (χ4n) is 1.85. The van der Waals surface area contributed by atoms with Crippen molar-refractivity contribution in [1.82, 2.24) is 15.1 Å². The number of aryl methyl sites for hydroxylation is 1. The number of rotatable bonds is 5. The Morgan fingerprint density at radius 1 is 1.45 bits per heavy atom. The van der Waals surface area contributed by atoms with Crippen molar-refractivity contribution >= 4 is 11.7 Å². The standard InChI is InChI=1S/C14H16F2N4O2/c1-2-20-8-10(6-18-20)19-14(22)17-7-13(21)11-4-3-9(15)5-12(11)16/h3-6,8,13,21H,2,7H2,1H3,(H2,17,19,22). The lowest BCUT2D eigenvalue weighted by Gasteiger charge is -2.13. The van der Waals surface area contributed by atoms with Crippen molar-refractivity contribution in [2.45, 2.75) is 19.6 Å². The Bertz CT molecular complexity index is 660. The number of nitrogens with one attached hydrogen (secondary N) is 2. The van der Waals surface area contributed by atoms with Crippen molar-refractivity contribution in [1.29, 1.82) is 0 Å². The number of halogens is 2. The van der Waals surface area contributed by atoms with Gasteiger partial charge in [0.15, 0.2) is 0 Å². The molecule has 22 heavy (non-hydrogen) atoms. The van der Waals surface area contributed by atoms with Crippen molar-refractivity contribution in [3.05, 3.63) is 47.8 Å². The zero-order valence-corrected chi connectivity index (χ0v) is 11.9. The molecule has 0 radical (unpaired) electrons. The summed E-state index contributed by atoms with van der Waals surface area (Å²) >= 11 is 0. The molecule has 1 unspecified atom stereocenters. The molecule has 3 N–H and O–H groups in total. The second-order valence-corrected chi connectivity index (χ2v) is 4.60. The minimum absolute atomic E-state index is 0.0829. The van der Waals surface area contributed by atoms with Crippen LogP contribution in [0.5, 0.6) is 0 Å². The Morgan fingerprint density at radius 2 is 2.23 bits per heavy atom. The highest BCUT2D eigenvalue weighted by Gasteiger charge is 2.14. The number of carbonyl (C=O) groups excluding carboxylic acids is 1. The van der Waals surface area contributed by atoms with Crippen LogP contribution in [0.25, 0.3) is 0 Å². The Morgan fingerprint density at radius 3 is 2.86 bits per heavy atom. The second kappa shape index (κ2) is 6.99. The van der Waals surface area contributed by atoms with Gasteiger partial charge in [0.25, 0.3) is 0 Å². The van der Waals surface area contributed by atoms with E-state index in [0.29, 0.717) is 18.3 Å². The summed E-state index contributed by atoms with van der Waals surface area (Å²) in [6.45, 7) is 2.37. The van der Waals surface area contributed by atoms with Crippen LogP contribution in [-0.2, 0) is 6.54 Å². The molecule has 0 spiro atoms. The van der Waals surface area contributed by atoms with Gasteiger partial charge in [0.05, 0.1) is 18.0 Å². The molecule has 0 saturated carbocycles. The van der Waals surface area contributed by atoms with E-state index in [1.807, 2.05) is 6.92 Å². The molecule has 0 aliphatic heterocycles. The third-order valence-corrected chi connectivity index (χ3v) is 2.99. The summed E-state index contributed by atoms with van der Waals surface area (Å²) in [6, 6.07) is 2.30. The van der Waals surface area contributed by atoms with Crippen molar-refractivity contribution < 1.29 is 18.7 Å². The lowest BCUT2D eigenvalue weighted by Crippen LogP contribution is -2.32. The fourth-order valence-corrected chi connectivity index (χ4v) is 1.85. The summed E-state index contributed by atoms with van der Waals surface area (Å²) in [4.78, 5) is 11.7. The molecule has 1 aromatic heterocycles.